The van der Waals surface area contributed by atoms with Crippen molar-refractivity contribution >= 4 is 5.97 Å². The van der Waals surface area contributed by atoms with E-state index in [-0.39, 0.29) is 11.9 Å². The van der Waals surface area contributed by atoms with E-state index in [9.17, 15) is 4.79 Å². The first-order chi connectivity index (χ1) is 7.11. The Hall–Kier alpha value is -1.31. The van der Waals surface area contributed by atoms with Crippen LogP contribution in [0.5, 0.6) is 5.75 Å². The minimum absolute atomic E-state index is 0.0413. The van der Waals surface area contributed by atoms with Gasteiger partial charge in [-0.2, -0.15) is 0 Å². The first kappa shape index (κ1) is 10.2. The lowest BCUT2D eigenvalue weighted by Gasteiger charge is -2.23. The van der Waals surface area contributed by atoms with E-state index < -0.39 is 0 Å². The minimum atomic E-state index is -0.0757. The number of ether oxygens (including phenoxy) is 1. The summed E-state index contributed by atoms with van der Waals surface area (Å²) < 4.78 is 5.33. The second kappa shape index (κ2) is 3.69. The van der Waals surface area contributed by atoms with Crippen molar-refractivity contribution in [2.24, 2.45) is 5.92 Å². The molecular formula is C13H16O2. The van der Waals surface area contributed by atoms with Gasteiger partial charge < -0.3 is 4.74 Å². The van der Waals surface area contributed by atoms with Gasteiger partial charge in [-0.1, -0.05) is 13.0 Å². The summed E-state index contributed by atoms with van der Waals surface area (Å²) in [5.74, 6) is 0.723. The van der Waals surface area contributed by atoms with E-state index in [0.717, 1.165) is 18.6 Å². The Balaban J connectivity index is 2.41. The second-order valence-corrected chi connectivity index (χ2v) is 4.27. The van der Waals surface area contributed by atoms with Crippen molar-refractivity contribution in [1.29, 1.82) is 0 Å². The molecule has 1 unspecified atom stereocenters. The number of carbonyl (C=O) groups excluding carboxylic acids is 1. The molecule has 1 atom stereocenters. The van der Waals surface area contributed by atoms with Gasteiger partial charge in [-0.05, 0) is 49.4 Å². The Kier molecular flexibility index (Phi) is 2.51. The molecule has 15 heavy (non-hydrogen) atoms. The van der Waals surface area contributed by atoms with Crippen molar-refractivity contribution in [1.82, 2.24) is 0 Å². The lowest BCUT2D eigenvalue weighted by atomic mass is 9.92. The van der Waals surface area contributed by atoms with Gasteiger partial charge in [0.05, 0.1) is 5.92 Å². The molecule has 1 aliphatic rings. The van der Waals surface area contributed by atoms with Crippen LogP contribution in [0.2, 0.25) is 0 Å². The number of esters is 1. The highest BCUT2D eigenvalue weighted by Crippen LogP contribution is 2.31. The van der Waals surface area contributed by atoms with E-state index in [4.69, 9.17) is 4.74 Å². The molecule has 0 aliphatic carbocycles. The Morgan fingerprint density at radius 3 is 2.67 bits per heavy atom. The first-order valence-electron chi connectivity index (χ1n) is 5.43. The van der Waals surface area contributed by atoms with E-state index in [0.29, 0.717) is 0 Å². The zero-order chi connectivity index (χ0) is 11.0. The Bertz CT molecular complexity index is 407. The van der Waals surface area contributed by atoms with Crippen LogP contribution in [0.3, 0.4) is 0 Å². The summed E-state index contributed by atoms with van der Waals surface area (Å²) in [5, 5.41) is 0. The van der Waals surface area contributed by atoms with Crippen LogP contribution in [-0.2, 0) is 11.2 Å². The monoisotopic (exact) mass is 204 g/mol. The molecule has 1 aromatic rings. The van der Waals surface area contributed by atoms with Crippen LogP contribution in [0.1, 0.15) is 30.0 Å². The lowest BCUT2D eigenvalue weighted by molar-refractivity contribution is -0.140. The fourth-order valence-corrected chi connectivity index (χ4v) is 1.96. The maximum absolute atomic E-state index is 11.6. The molecule has 0 fully saturated rings. The summed E-state index contributed by atoms with van der Waals surface area (Å²) in [7, 11) is 0. The molecular weight excluding hydrogens is 188 g/mol. The Morgan fingerprint density at radius 1 is 1.33 bits per heavy atom. The van der Waals surface area contributed by atoms with Crippen LogP contribution >= 0.6 is 0 Å². The average molecular weight is 204 g/mol. The topological polar surface area (TPSA) is 26.3 Å². The molecule has 0 saturated heterocycles. The SMILES string of the molecule is CCC1Cc2cc(C)c(C)cc2OC1=O. The maximum Gasteiger partial charge on any atom is 0.314 e. The zero-order valence-electron chi connectivity index (χ0n) is 9.46. The average Bonchev–Trinajstić information content (AvgIpc) is 2.20. The summed E-state index contributed by atoms with van der Waals surface area (Å²) in [4.78, 5) is 11.6. The highest BCUT2D eigenvalue weighted by Gasteiger charge is 2.27. The molecule has 0 radical (unpaired) electrons. The normalized spacial score (nSPS) is 19.7. The number of rotatable bonds is 1. The van der Waals surface area contributed by atoms with Crippen LogP contribution in [0.15, 0.2) is 12.1 Å². The van der Waals surface area contributed by atoms with Gasteiger partial charge >= 0.3 is 5.97 Å². The molecule has 2 rings (SSSR count). The van der Waals surface area contributed by atoms with E-state index >= 15 is 0 Å². The Labute approximate surface area is 90.3 Å². The number of hydrogen-bond acceptors (Lipinski definition) is 2. The van der Waals surface area contributed by atoms with Crippen molar-refractivity contribution in [3.63, 3.8) is 0 Å². The summed E-state index contributed by atoms with van der Waals surface area (Å²) in [6.45, 7) is 6.15. The highest BCUT2D eigenvalue weighted by atomic mass is 16.5. The molecule has 0 N–H and O–H groups in total. The summed E-state index contributed by atoms with van der Waals surface area (Å²) in [6, 6.07) is 4.11. The fraction of sp³-hybridized carbons (Fsp3) is 0.462. The van der Waals surface area contributed by atoms with Crippen LogP contribution in [-0.4, -0.2) is 5.97 Å². The van der Waals surface area contributed by atoms with Crippen molar-refractivity contribution in [2.45, 2.75) is 33.6 Å². The van der Waals surface area contributed by atoms with E-state index in [1.54, 1.807) is 0 Å². The molecule has 0 bridgehead atoms. The number of benzene rings is 1. The van der Waals surface area contributed by atoms with E-state index in [1.807, 2.05) is 19.9 Å². The van der Waals surface area contributed by atoms with Gasteiger partial charge in [0.25, 0.3) is 0 Å². The van der Waals surface area contributed by atoms with Crippen molar-refractivity contribution in [2.75, 3.05) is 0 Å². The quantitative estimate of drug-likeness (QED) is 0.519. The third-order valence-corrected chi connectivity index (χ3v) is 3.18. The van der Waals surface area contributed by atoms with Gasteiger partial charge in [0.1, 0.15) is 5.75 Å². The first-order valence-corrected chi connectivity index (χ1v) is 5.43. The van der Waals surface area contributed by atoms with Gasteiger partial charge in [-0.25, -0.2) is 0 Å². The molecule has 80 valence electrons. The third kappa shape index (κ3) is 1.76. The van der Waals surface area contributed by atoms with E-state index in [2.05, 4.69) is 13.0 Å². The van der Waals surface area contributed by atoms with Gasteiger partial charge in [0.2, 0.25) is 0 Å². The van der Waals surface area contributed by atoms with Gasteiger partial charge in [0.15, 0.2) is 0 Å². The van der Waals surface area contributed by atoms with Crippen molar-refractivity contribution in [3.05, 3.63) is 28.8 Å². The lowest BCUT2D eigenvalue weighted by Crippen LogP contribution is -2.27. The maximum atomic E-state index is 11.6. The van der Waals surface area contributed by atoms with Gasteiger partial charge in [0, 0.05) is 0 Å². The fourth-order valence-electron chi connectivity index (χ4n) is 1.96. The molecule has 0 spiro atoms. The minimum Gasteiger partial charge on any atom is -0.426 e. The largest absolute Gasteiger partial charge is 0.426 e. The van der Waals surface area contributed by atoms with Crippen molar-refractivity contribution in [3.8, 4) is 5.75 Å². The number of aryl methyl sites for hydroxylation is 2. The zero-order valence-corrected chi connectivity index (χ0v) is 9.46. The number of hydrogen-bond donors (Lipinski definition) is 0. The second-order valence-electron chi connectivity index (χ2n) is 4.27. The predicted molar refractivity (Wildman–Crippen MR) is 59.0 cm³/mol. The smallest absolute Gasteiger partial charge is 0.314 e. The van der Waals surface area contributed by atoms with Crippen LogP contribution in [0.25, 0.3) is 0 Å². The van der Waals surface area contributed by atoms with Gasteiger partial charge in [-0.15, -0.1) is 0 Å². The number of fused-ring (bicyclic) bond motifs is 1. The summed E-state index contributed by atoms with van der Waals surface area (Å²) in [5.41, 5.74) is 3.61. The van der Waals surface area contributed by atoms with E-state index in [1.165, 1.54) is 16.7 Å². The molecule has 1 aromatic carbocycles. The molecule has 0 saturated carbocycles. The molecule has 2 heteroatoms. The van der Waals surface area contributed by atoms with Crippen LogP contribution in [0.4, 0.5) is 0 Å². The standard InChI is InChI=1S/C13H16O2/c1-4-10-7-11-5-8(2)9(3)6-12(11)15-13(10)14/h5-6,10H,4,7H2,1-3H3. The number of carbonyl (C=O) groups is 1. The Morgan fingerprint density at radius 2 is 2.00 bits per heavy atom. The molecule has 0 amide bonds. The predicted octanol–water partition coefficient (Wildman–Crippen LogP) is 2.79. The van der Waals surface area contributed by atoms with Crippen molar-refractivity contribution < 1.29 is 9.53 Å². The summed E-state index contributed by atoms with van der Waals surface area (Å²) >= 11 is 0. The van der Waals surface area contributed by atoms with Crippen LogP contribution < -0.4 is 4.74 Å². The highest BCUT2D eigenvalue weighted by molar-refractivity contribution is 5.78. The van der Waals surface area contributed by atoms with Gasteiger partial charge in [-0.3, -0.25) is 4.79 Å². The molecule has 2 nitrogen and oxygen atoms in total. The molecule has 1 heterocycles. The molecule has 0 aromatic heterocycles. The van der Waals surface area contributed by atoms with Crippen LogP contribution in [0, 0.1) is 19.8 Å². The third-order valence-electron chi connectivity index (χ3n) is 3.18. The molecule has 1 aliphatic heterocycles. The summed E-state index contributed by atoms with van der Waals surface area (Å²) in [6.07, 6.45) is 1.68.